The van der Waals surface area contributed by atoms with Crippen LogP contribution in [0.5, 0.6) is 0 Å². The molecule has 0 radical (unpaired) electrons. The maximum atomic E-state index is 6.29. The van der Waals surface area contributed by atoms with Crippen molar-refractivity contribution in [1.29, 1.82) is 0 Å². The van der Waals surface area contributed by atoms with E-state index in [0.29, 0.717) is 6.10 Å². The van der Waals surface area contributed by atoms with Crippen LogP contribution in [-0.2, 0) is 11.2 Å². The molecule has 1 aliphatic rings. The summed E-state index contributed by atoms with van der Waals surface area (Å²) in [5.41, 5.74) is 5.26. The van der Waals surface area contributed by atoms with Crippen LogP contribution in [0.4, 0.5) is 0 Å². The molecule has 0 spiro atoms. The van der Waals surface area contributed by atoms with Crippen molar-refractivity contribution in [2.75, 3.05) is 6.61 Å². The highest BCUT2D eigenvalue weighted by Gasteiger charge is 2.17. The standard InChI is InChI=1S/C16H25ClN2O/c1-12-5-6-13(16(17)10-12)11-14(19-18)7-8-15-4-2-3-9-20-15/h5-6,10,14-15,19H,2-4,7-9,11,18H2,1H3. The normalized spacial score (nSPS) is 20.9. The van der Waals surface area contributed by atoms with Crippen molar-refractivity contribution in [3.63, 3.8) is 0 Å². The first kappa shape index (κ1) is 15.8. The van der Waals surface area contributed by atoms with E-state index < -0.39 is 0 Å². The monoisotopic (exact) mass is 296 g/mol. The second kappa shape index (κ2) is 7.99. The van der Waals surface area contributed by atoms with E-state index in [-0.39, 0.29) is 6.04 Å². The molecule has 1 saturated heterocycles. The average Bonchev–Trinajstić information content (AvgIpc) is 2.46. The van der Waals surface area contributed by atoms with Gasteiger partial charge in [0.15, 0.2) is 0 Å². The summed E-state index contributed by atoms with van der Waals surface area (Å²) in [7, 11) is 0. The Morgan fingerprint density at radius 2 is 2.30 bits per heavy atom. The van der Waals surface area contributed by atoms with Crippen molar-refractivity contribution in [3.05, 3.63) is 34.3 Å². The van der Waals surface area contributed by atoms with Gasteiger partial charge in [-0.2, -0.15) is 0 Å². The molecule has 0 bridgehead atoms. The van der Waals surface area contributed by atoms with Gasteiger partial charge in [-0.15, -0.1) is 0 Å². The number of hydrogen-bond donors (Lipinski definition) is 2. The first-order chi connectivity index (χ1) is 9.69. The molecule has 3 N–H and O–H groups in total. The van der Waals surface area contributed by atoms with Gasteiger partial charge >= 0.3 is 0 Å². The first-order valence-corrected chi connectivity index (χ1v) is 7.89. The quantitative estimate of drug-likeness (QED) is 0.625. The Balaban J connectivity index is 1.84. The molecule has 1 fully saturated rings. The summed E-state index contributed by atoms with van der Waals surface area (Å²) in [6.07, 6.45) is 7.03. The van der Waals surface area contributed by atoms with Crippen LogP contribution in [0.1, 0.15) is 43.2 Å². The fourth-order valence-corrected chi connectivity index (χ4v) is 3.06. The van der Waals surface area contributed by atoms with Gasteiger partial charge in [0.2, 0.25) is 0 Å². The number of halogens is 1. The van der Waals surface area contributed by atoms with Gasteiger partial charge in [-0.1, -0.05) is 23.7 Å². The van der Waals surface area contributed by atoms with Crippen LogP contribution in [0.25, 0.3) is 0 Å². The highest BCUT2D eigenvalue weighted by atomic mass is 35.5. The van der Waals surface area contributed by atoms with Crippen molar-refractivity contribution < 1.29 is 4.74 Å². The average molecular weight is 297 g/mol. The number of nitrogens with one attached hydrogen (secondary N) is 1. The van der Waals surface area contributed by atoms with Gasteiger partial charge in [0.05, 0.1) is 6.10 Å². The fraction of sp³-hybridized carbons (Fsp3) is 0.625. The fourth-order valence-electron chi connectivity index (χ4n) is 2.75. The van der Waals surface area contributed by atoms with Crippen LogP contribution < -0.4 is 11.3 Å². The SMILES string of the molecule is Cc1ccc(CC(CCC2CCCCO2)NN)c(Cl)c1. The largest absolute Gasteiger partial charge is 0.378 e. The summed E-state index contributed by atoms with van der Waals surface area (Å²) in [4.78, 5) is 0. The lowest BCUT2D eigenvalue weighted by Gasteiger charge is -2.25. The van der Waals surface area contributed by atoms with Gasteiger partial charge in [-0.3, -0.25) is 11.3 Å². The lowest BCUT2D eigenvalue weighted by atomic mass is 9.97. The molecule has 0 saturated carbocycles. The summed E-state index contributed by atoms with van der Waals surface area (Å²) in [5.74, 6) is 5.68. The molecule has 1 heterocycles. The summed E-state index contributed by atoms with van der Waals surface area (Å²) < 4.78 is 5.77. The lowest BCUT2D eigenvalue weighted by molar-refractivity contribution is 0.00858. The molecule has 0 aliphatic carbocycles. The second-order valence-corrected chi connectivity index (χ2v) is 6.14. The molecule has 1 aromatic carbocycles. The van der Waals surface area contributed by atoms with E-state index in [1.165, 1.54) is 24.8 Å². The summed E-state index contributed by atoms with van der Waals surface area (Å²) >= 11 is 6.29. The van der Waals surface area contributed by atoms with Crippen molar-refractivity contribution in [2.24, 2.45) is 5.84 Å². The number of nitrogens with two attached hydrogens (primary N) is 1. The van der Waals surface area contributed by atoms with Crippen LogP contribution in [0.15, 0.2) is 18.2 Å². The van der Waals surface area contributed by atoms with Gasteiger partial charge in [-0.25, -0.2) is 0 Å². The lowest BCUT2D eigenvalue weighted by Crippen LogP contribution is -2.37. The van der Waals surface area contributed by atoms with Crippen LogP contribution in [-0.4, -0.2) is 18.8 Å². The summed E-state index contributed by atoms with van der Waals surface area (Å²) in [6, 6.07) is 6.45. The zero-order valence-corrected chi connectivity index (χ0v) is 13.0. The number of benzene rings is 1. The third-order valence-electron chi connectivity index (χ3n) is 4.02. The van der Waals surface area contributed by atoms with E-state index in [1.54, 1.807) is 0 Å². The zero-order valence-electron chi connectivity index (χ0n) is 12.2. The molecule has 20 heavy (non-hydrogen) atoms. The maximum Gasteiger partial charge on any atom is 0.0575 e. The molecule has 0 aromatic heterocycles. The minimum atomic E-state index is 0.251. The van der Waals surface area contributed by atoms with E-state index in [2.05, 4.69) is 24.5 Å². The van der Waals surface area contributed by atoms with E-state index in [0.717, 1.165) is 36.5 Å². The Labute approximate surface area is 126 Å². The molecule has 2 atom stereocenters. The zero-order chi connectivity index (χ0) is 14.4. The number of hydrazine groups is 1. The Morgan fingerprint density at radius 3 is 2.95 bits per heavy atom. The van der Waals surface area contributed by atoms with Crippen LogP contribution >= 0.6 is 11.6 Å². The third-order valence-corrected chi connectivity index (χ3v) is 4.37. The Kier molecular flexibility index (Phi) is 6.30. The number of ether oxygens (including phenoxy) is 1. The first-order valence-electron chi connectivity index (χ1n) is 7.52. The molecular formula is C16H25ClN2O. The number of rotatable bonds is 6. The molecule has 4 heteroatoms. The minimum absolute atomic E-state index is 0.251. The number of hydrogen-bond acceptors (Lipinski definition) is 3. The van der Waals surface area contributed by atoms with E-state index in [9.17, 15) is 0 Å². The van der Waals surface area contributed by atoms with Crippen molar-refractivity contribution in [2.45, 2.75) is 57.6 Å². The van der Waals surface area contributed by atoms with Gasteiger partial charge < -0.3 is 4.74 Å². The molecule has 1 aliphatic heterocycles. The van der Waals surface area contributed by atoms with E-state index in [4.69, 9.17) is 22.2 Å². The van der Waals surface area contributed by atoms with Crippen LogP contribution in [0, 0.1) is 6.92 Å². The number of aryl methyl sites for hydroxylation is 1. The molecule has 1 aromatic rings. The molecule has 3 nitrogen and oxygen atoms in total. The molecule has 2 rings (SSSR count). The van der Waals surface area contributed by atoms with Crippen molar-refractivity contribution in [1.82, 2.24) is 5.43 Å². The summed E-state index contributed by atoms with van der Waals surface area (Å²) in [5, 5.41) is 0.833. The predicted octanol–water partition coefficient (Wildman–Crippen LogP) is 3.37. The maximum absolute atomic E-state index is 6.29. The van der Waals surface area contributed by atoms with Gasteiger partial charge in [-0.05, 0) is 62.6 Å². The van der Waals surface area contributed by atoms with Crippen molar-refractivity contribution in [3.8, 4) is 0 Å². The minimum Gasteiger partial charge on any atom is -0.378 e. The Hall–Kier alpha value is -0.610. The molecule has 2 unspecified atom stereocenters. The highest BCUT2D eigenvalue weighted by molar-refractivity contribution is 6.31. The van der Waals surface area contributed by atoms with Crippen LogP contribution in [0.3, 0.4) is 0 Å². The topological polar surface area (TPSA) is 47.3 Å². The van der Waals surface area contributed by atoms with Gasteiger partial charge in [0.25, 0.3) is 0 Å². The Bertz CT molecular complexity index is 419. The predicted molar refractivity (Wildman–Crippen MR) is 83.8 cm³/mol. The third kappa shape index (κ3) is 4.74. The highest BCUT2D eigenvalue weighted by Crippen LogP contribution is 2.22. The molecule has 0 amide bonds. The smallest absolute Gasteiger partial charge is 0.0575 e. The van der Waals surface area contributed by atoms with Crippen molar-refractivity contribution >= 4 is 11.6 Å². The van der Waals surface area contributed by atoms with E-state index in [1.807, 2.05) is 6.07 Å². The van der Waals surface area contributed by atoms with Gasteiger partial charge in [0.1, 0.15) is 0 Å². The summed E-state index contributed by atoms with van der Waals surface area (Å²) in [6.45, 7) is 2.96. The molecular weight excluding hydrogens is 272 g/mol. The van der Waals surface area contributed by atoms with E-state index >= 15 is 0 Å². The molecule has 112 valence electrons. The second-order valence-electron chi connectivity index (χ2n) is 5.73. The van der Waals surface area contributed by atoms with Crippen LogP contribution in [0.2, 0.25) is 5.02 Å². The Morgan fingerprint density at radius 1 is 1.45 bits per heavy atom. The van der Waals surface area contributed by atoms with Gasteiger partial charge in [0, 0.05) is 17.7 Å².